The zero-order valence-electron chi connectivity index (χ0n) is 11.4. The summed E-state index contributed by atoms with van der Waals surface area (Å²) in [5.74, 6) is -0.0828. The zero-order valence-corrected chi connectivity index (χ0v) is 12.2. The summed E-state index contributed by atoms with van der Waals surface area (Å²) >= 11 is 1.50. The molecule has 0 saturated carbocycles. The van der Waals surface area contributed by atoms with Gasteiger partial charge in [0.25, 0.3) is 0 Å². The van der Waals surface area contributed by atoms with Crippen LogP contribution in [0.15, 0.2) is 51.0 Å². The minimum absolute atomic E-state index is 0.0828. The number of carbonyl (C=O) groups excluding carboxylic acids is 1. The largest absolute Gasteiger partial charge is 0.423 e. The highest BCUT2D eigenvalue weighted by Crippen LogP contribution is 2.26. The van der Waals surface area contributed by atoms with Gasteiger partial charge in [-0.3, -0.25) is 4.79 Å². The molecule has 0 aliphatic heterocycles. The molecule has 4 nitrogen and oxygen atoms in total. The molecule has 0 saturated heterocycles. The van der Waals surface area contributed by atoms with Gasteiger partial charge in [-0.15, -0.1) is 11.3 Å². The molecule has 0 fully saturated rings. The highest BCUT2D eigenvalue weighted by Gasteiger charge is 2.15. The van der Waals surface area contributed by atoms with E-state index in [1.54, 1.807) is 30.3 Å². The van der Waals surface area contributed by atoms with Crippen molar-refractivity contribution in [2.45, 2.75) is 6.92 Å². The Balaban J connectivity index is 2.05. The predicted octanol–water partition coefficient (Wildman–Crippen LogP) is 3.52. The van der Waals surface area contributed by atoms with Crippen LogP contribution in [0, 0.1) is 0 Å². The van der Waals surface area contributed by atoms with Crippen molar-refractivity contribution in [3.63, 3.8) is 0 Å². The highest BCUT2D eigenvalue weighted by molar-refractivity contribution is 7.14. The van der Waals surface area contributed by atoms with Gasteiger partial charge >= 0.3 is 5.63 Å². The molecule has 2 heterocycles. The molecule has 2 aromatic heterocycles. The first-order chi connectivity index (χ1) is 10.2. The van der Waals surface area contributed by atoms with Gasteiger partial charge in [-0.1, -0.05) is 12.1 Å². The number of hydrogen-bond donors (Lipinski definition) is 1. The third-order valence-corrected chi connectivity index (χ3v) is 4.00. The van der Waals surface area contributed by atoms with E-state index in [2.05, 4.69) is 5.32 Å². The summed E-state index contributed by atoms with van der Waals surface area (Å²) in [6.45, 7) is 2.74. The third-order valence-electron chi connectivity index (χ3n) is 3.13. The summed E-state index contributed by atoms with van der Waals surface area (Å²) < 4.78 is 5.13. The van der Waals surface area contributed by atoms with Crippen LogP contribution in [0.25, 0.3) is 11.0 Å². The van der Waals surface area contributed by atoms with Crippen molar-refractivity contribution in [2.75, 3.05) is 11.9 Å². The van der Waals surface area contributed by atoms with Crippen molar-refractivity contribution in [1.29, 1.82) is 0 Å². The van der Waals surface area contributed by atoms with Crippen molar-refractivity contribution in [1.82, 2.24) is 0 Å². The first-order valence-electron chi connectivity index (χ1n) is 6.59. The quantitative estimate of drug-likeness (QED) is 0.591. The standard InChI is InChI=1S/C16H13NO3S/c1-2-17-16-12(7-8-21-16)15(19)11-4-3-10-5-6-14(18)20-13(10)9-11/h3-9,17H,2H2,1H3. The van der Waals surface area contributed by atoms with E-state index in [-0.39, 0.29) is 5.78 Å². The molecule has 0 aliphatic rings. The summed E-state index contributed by atoms with van der Waals surface area (Å²) in [4.78, 5) is 23.9. The lowest BCUT2D eigenvalue weighted by Gasteiger charge is -2.05. The number of thiophene rings is 1. The molecular weight excluding hydrogens is 286 g/mol. The molecule has 3 rings (SSSR count). The fourth-order valence-corrected chi connectivity index (χ4v) is 3.00. The summed E-state index contributed by atoms with van der Waals surface area (Å²) in [6.07, 6.45) is 0. The van der Waals surface area contributed by atoms with Gasteiger partial charge in [0.1, 0.15) is 5.58 Å². The number of rotatable bonds is 4. The van der Waals surface area contributed by atoms with Crippen LogP contribution in [0.5, 0.6) is 0 Å². The van der Waals surface area contributed by atoms with E-state index in [1.165, 1.54) is 17.4 Å². The summed E-state index contributed by atoms with van der Waals surface area (Å²) in [6, 6.07) is 10.0. The Labute approximate surface area is 125 Å². The van der Waals surface area contributed by atoms with E-state index in [0.717, 1.165) is 16.9 Å². The molecule has 106 valence electrons. The van der Waals surface area contributed by atoms with Crippen molar-refractivity contribution in [2.24, 2.45) is 0 Å². The average molecular weight is 299 g/mol. The molecule has 21 heavy (non-hydrogen) atoms. The number of benzene rings is 1. The highest BCUT2D eigenvalue weighted by atomic mass is 32.1. The molecule has 0 aliphatic carbocycles. The van der Waals surface area contributed by atoms with Gasteiger partial charge in [-0.25, -0.2) is 4.79 Å². The van der Waals surface area contributed by atoms with Crippen LogP contribution >= 0.6 is 11.3 Å². The monoisotopic (exact) mass is 299 g/mol. The molecule has 0 spiro atoms. The van der Waals surface area contributed by atoms with E-state index >= 15 is 0 Å². The maximum atomic E-state index is 12.6. The molecule has 0 radical (unpaired) electrons. The second kappa shape index (κ2) is 5.54. The number of anilines is 1. The zero-order chi connectivity index (χ0) is 14.8. The van der Waals surface area contributed by atoms with Crippen LogP contribution in [-0.2, 0) is 0 Å². The lowest BCUT2D eigenvalue weighted by molar-refractivity contribution is 0.104. The van der Waals surface area contributed by atoms with Crippen LogP contribution in [0.1, 0.15) is 22.8 Å². The van der Waals surface area contributed by atoms with Gasteiger partial charge in [0, 0.05) is 23.6 Å². The summed E-state index contributed by atoms with van der Waals surface area (Å²) in [5.41, 5.74) is 1.15. The SMILES string of the molecule is CCNc1sccc1C(=O)c1ccc2ccc(=O)oc2c1. The topological polar surface area (TPSA) is 59.3 Å². The van der Waals surface area contributed by atoms with Gasteiger partial charge in [-0.2, -0.15) is 0 Å². The predicted molar refractivity (Wildman–Crippen MR) is 84.4 cm³/mol. The molecule has 0 atom stereocenters. The minimum atomic E-state index is -0.420. The van der Waals surface area contributed by atoms with Crippen LogP contribution in [0.2, 0.25) is 0 Å². The number of fused-ring (bicyclic) bond motifs is 1. The molecular formula is C16H13NO3S. The Bertz CT molecular complexity index is 863. The Kier molecular flexibility index (Phi) is 3.58. The number of hydrogen-bond acceptors (Lipinski definition) is 5. The third kappa shape index (κ3) is 2.60. The molecule has 0 amide bonds. The van der Waals surface area contributed by atoms with Crippen molar-refractivity contribution < 1.29 is 9.21 Å². The molecule has 5 heteroatoms. The lowest BCUT2D eigenvalue weighted by Crippen LogP contribution is -2.05. The van der Waals surface area contributed by atoms with E-state index in [9.17, 15) is 9.59 Å². The second-order valence-electron chi connectivity index (χ2n) is 4.53. The van der Waals surface area contributed by atoms with Crippen LogP contribution in [0.3, 0.4) is 0 Å². The maximum absolute atomic E-state index is 12.6. The second-order valence-corrected chi connectivity index (χ2v) is 5.45. The van der Waals surface area contributed by atoms with Gasteiger partial charge in [0.15, 0.2) is 5.78 Å². The van der Waals surface area contributed by atoms with Crippen LogP contribution < -0.4 is 10.9 Å². The molecule has 3 aromatic rings. The van der Waals surface area contributed by atoms with Crippen LogP contribution in [0.4, 0.5) is 5.00 Å². The first kappa shape index (κ1) is 13.6. The Morgan fingerprint density at radius 2 is 2.05 bits per heavy atom. The van der Waals surface area contributed by atoms with Crippen molar-refractivity contribution in [3.8, 4) is 0 Å². The van der Waals surface area contributed by atoms with Gasteiger partial charge in [-0.05, 0) is 30.5 Å². The van der Waals surface area contributed by atoms with Crippen molar-refractivity contribution in [3.05, 3.63) is 63.3 Å². The number of nitrogens with one attached hydrogen (secondary N) is 1. The van der Waals surface area contributed by atoms with E-state index in [0.29, 0.717) is 16.7 Å². The van der Waals surface area contributed by atoms with E-state index < -0.39 is 5.63 Å². The van der Waals surface area contributed by atoms with Gasteiger partial charge < -0.3 is 9.73 Å². The Hall–Kier alpha value is -2.40. The summed E-state index contributed by atoms with van der Waals surface area (Å²) in [5, 5.41) is 6.71. The smallest absolute Gasteiger partial charge is 0.336 e. The van der Waals surface area contributed by atoms with Gasteiger partial charge in [0.05, 0.1) is 10.6 Å². The molecule has 1 aromatic carbocycles. The van der Waals surface area contributed by atoms with Gasteiger partial charge in [0.2, 0.25) is 0 Å². The fraction of sp³-hybridized carbons (Fsp3) is 0.125. The van der Waals surface area contributed by atoms with Crippen molar-refractivity contribution >= 4 is 33.1 Å². The maximum Gasteiger partial charge on any atom is 0.336 e. The minimum Gasteiger partial charge on any atom is -0.423 e. The normalized spacial score (nSPS) is 10.7. The van der Waals surface area contributed by atoms with E-state index in [1.807, 2.05) is 12.3 Å². The summed E-state index contributed by atoms with van der Waals surface area (Å²) in [7, 11) is 0. The Morgan fingerprint density at radius 1 is 1.24 bits per heavy atom. The lowest BCUT2D eigenvalue weighted by atomic mass is 10.0. The first-order valence-corrected chi connectivity index (χ1v) is 7.47. The molecule has 0 bridgehead atoms. The average Bonchev–Trinajstić information content (AvgIpc) is 2.94. The Morgan fingerprint density at radius 3 is 2.86 bits per heavy atom. The van der Waals surface area contributed by atoms with Crippen LogP contribution in [-0.4, -0.2) is 12.3 Å². The number of carbonyl (C=O) groups is 1. The van der Waals surface area contributed by atoms with E-state index in [4.69, 9.17) is 4.42 Å². The fourth-order valence-electron chi connectivity index (χ4n) is 2.14. The molecule has 0 unspecified atom stereocenters. The number of ketones is 1. The molecule has 1 N–H and O–H groups in total.